The van der Waals surface area contributed by atoms with Crippen molar-refractivity contribution in [3.8, 4) is 0 Å². The van der Waals surface area contributed by atoms with Crippen LogP contribution in [0, 0.1) is 5.92 Å². The summed E-state index contributed by atoms with van der Waals surface area (Å²) in [5, 5.41) is 12.5. The van der Waals surface area contributed by atoms with E-state index >= 15 is 0 Å². The van der Waals surface area contributed by atoms with E-state index < -0.39 is 0 Å². The lowest BCUT2D eigenvalue weighted by atomic mass is 9.95. The molecule has 0 saturated carbocycles. The molecule has 0 heterocycles. The van der Waals surface area contributed by atoms with Gasteiger partial charge in [-0.2, -0.15) is 0 Å². The second-order valence-electron chi connectivity index (χ2n) is 3.61. The lowest BCUT2D eigenvalue weighted by molar-refractivity contribution is 0.203. The van der Waals surface area contributed by atoms with Crippen LogP contribution in [0.2, 0.25) is 0 Å². The molecule has 2 unspecified atom stereocenters. The van der Waals surface area contributed by atoms with E-state index in [0.717, 1.165) is 6.54 Å². The first kappa shape index (κ1) is 11.2. The standard InChI is InChI=1S/C12H19NO/c1-3-13-12(10(2)9-14)11-7-5-4-6-8-11/h4-8,10,12-14H,3,9H2,1-2H3. The fourth-order valence-electron chi connectivity index (χ4n) is 1.63. The Labute approximate surface area is 86.0 Å². The third-order valence-electron chi connectivity index (χ3n) is 2.44. The number of hydrogen-bond donors (Lipinski definition) is 2. The van der Waals surface area contributed by atoms with E-state index in [1.807, 2.05) is 18.2 Å². The maximum atomic E-state index is 9.15. The summed E-state index contributed by atoms with van der Waals surface area (Å²) in [6.07, 6.45) is 0. The molecule has 2 atom stereocenters. The van der Waals surface area contributed by atoms with E-state index in [0.29, 0.717) is 0 Å². The number of aliphatic hydroxyl groups excluding tert-OH is 1. The van der Waals surface area contributed by atoms with Crippen molar-refractivity contribution in [2.24, 2.45) is 5.92 Å². The zero-order valence-electron chi connectivity index (χ0n) is 8.90. The Morgan fingerprint density at radius 2 is 1.93 bits per heavy atom. The van der Waals surface area contributed by atoms with Gasteiger partial charge in [-0.3, -0.25) is 0 Å². The van der Waals surface area contributed by atoms with Gasteiger partial charge in [0.05, 0.1) is 0 Å². The van der Waals surface area contributed by atoms with Crippen LogP contribution in [0.1, 0.15) is 25.5 Å². The minimum absolute atomic E-state index is 0.215. The van der Waals surface area contributed by atoms with Crippen molar-refractivity contribution in [3.63, 3.8) is 0 Å². The molecule has 2 N–H and O–H groups in total. The summed E-state index contributed by atoms with van der Waals surface area (Å²) in [5.74, 6) is 0.248. The lowest BCUT2D eigenvalue weighted by Crippen LogP contribution is -2.28. The maximum Gasteiger partial charge on any atom is 0.0474 e. The minimum atomic E-state index is 0.215. The molecule has 0 spiro atoms. The fourth-order valence-corrected chi connectivity index (χ4v) is 1.63. The minimum Gasteiger partial charge on any atom is -0.396 e. The van der Waals surface area contributed by atoms with Gasteiger partial charge in [-0.05, 0) is 18.0 Å². The number of aliphatic hydroxyl groups is 1. The Hall–Kier alpha value is -0.860. The van der Waals surface area contributed by atoms with Crippen molar-refractivity contribution < 1.29 is 5.11 Å². The monoisotopic (exact) mass is 193 g/mol. The molecule has 1 aromatic rings. The summed E-state index contributed by atoms with van der Waals surface area (Å²) < 4.78 is 0. The first-order valence-corrected chi connectivity index (χ1v) is 5.18. The van der Waals surface area contributed by atoms with Crippen molar-refractivity contribution in [2.45, 2.75) is 19.9 Å². The van der Waals surface area contributed by atoms with Crippen LogP contribution in [0.5, 0.6) is 0 Å². The first-order chi connectivity index (χ1) is 6.79. The highest BCUT2D eigenvalue weighted by Crippen LogP contribution is 2.20. The van der Waals surface area contributed by atoms with Crippen molar-refractivity contribution in [1.82, 2.24) is 5.32 Å². The topological polar surface area (TPSA) is 32.3 Å². The largest absolute Gasteiger partial charge is 0.396 e. The van der Waals surface area contributed by atoms with Crippen LogP contribution < -0.4 is 5.32 Å². The van der Waals surface area contributed by atoms with Crippen LogP contribution in [-0.2, 0) is 0 Å². The van der Waals surface area contributed by atoms with Gasteiger partial charge in [0, 0.05) is 12.6 Å². The average Bonchev–Trinajstić information content (AvgIpc) is 2.26. The number of hydrogen-bond acceptors (Lipinski definition) is 2. The van der Waals surface area contributed by atoms with Gasteiger partial charge in [-0.15, -0.1) is 0 Å². The Balaban J connectivity index is 2.77. The normalized spacial score (nSPS) is 15.1. The van der Waals surface area contributed by atoms with E-state index in [1.54, 1.807) is 0 Å². The quantitative estimate of drug-likeness (QED) is 0.749. The zero-order valence-corrected chi connectivity index (χ0v) is 8.90. The summed E-state index contributed by atoms with van der Waals surface area (Å²) in [4.78, 5) is 0. The third kappa shape index (κ3) is 2.82. The molecule has 0 amide bonds. The SMILES string of the molecule is CCNC(c1ccccc1)C(C)CO. The Morgan fingerprint density at radius 1 is 1.29 bits per heavy atom. The molecule has 14 heavy (non-hydrogen) atoms. The van der Waals surface area contributed by atoms with Gasteiger partial charge in [-0.1, -0.05) is 44.2 Å². The van der Waals surface area contributed by atoms with Crippen molar-refractivity contribution in [3.05, 3.63) is 35.9 Å². The van der Waals surface area contributed by atoms with Gasteiger partial charge in [0.15, 0.2) is 0 Å². The van der Waals surface area contributed by atoms with Gasteiger partial charge < -0.3 is 10.4 Å². The van der Waals surface area contributed by atoms with Crippen LogP contribution in [0.4, 0.5) is 0 Å². The molecule has 1 rings (SSSR count). The molecule has 0 aliphatic carbocycles. The highest BCUT2D eigenvalue weighted by Gasteiger charge is 2.16. The molecule has 0 fully saturated rings. The van der Waals surface area contributed by atoms with Gasteiger partial charge in [0.2, 0.25) is 0 Å². The van der Waals surface area contributed by atoms with Crippen LogP contribution in [0.3, 0.4) is 0 Å². The summed E-state index contributed by atoms with van der Waals surface area (Å²) in [7, 11) is 0. The molecule has 0 aliphatic rings. The summed E-state index contributed by atoms with van der Waals surface area (Å²) in [5.41, 5.74) is 1.25. The van der Waals surface area contributed by atoms with E-state index in [1.165, 1.54) is 5.56 Å². The van der Waals surface area contributed by atoms with E-state index in [2.05, 4.69) is 31.3 Å². The highest BCUT2D eigenvalue weighted by molar-refractivity contribution is 5.19. The molecule has 78 valence electrons. The molecular formula is C12H19NO. The van der Waals surface area contributed by atoms with Gasteiger partial charge >= 0.3 is 0 Å². The van der Waals surface area contributed by atoms with E-state index in [9.17, 15) is 0 Å². The summed E-state index contributed by atoms with van der Waals surface area (Å²) in [6, 6.07) is 10.5. The Bertz CT molecular complexity index is 248. The van der Waals surface area contributed by atoms with Gasteiger partial charge in [0.25, 0.3) is 0 Å². The smallest absolute Gasteiger partial charge is 0.0474 e. The summed E-state index contributed by atoms with van der Waals surface area (Å²) >= 11 is 0. The number of benzene rings is 1. The molecule has 0 saturated heterocycles. The number of rotatable bonds is 5. The van der Waals surface area contributed by atoms with Crippen molar-refractivity contribution in [1.29, 1.82) is 0 Å². The lowest BCUT2D eigenvalue weighted by Gasteiger charge is -2.23. The van der Waals surface area contributed by atoms with Gasteiger partial charge in [-0.25, -0.2) is 0 Å². The highest BCUT2D eigenvalue weighted by atomic mass is 16.3. The molecular weight excluding hydrogens is 174 g/mol. The van der Waals surface area contributed by atoms with Crippen LogP contribution in [-0.4, -0.2) is 18.3 Å². The predicted molar refractivity (Wildman–Crippen MR) is 59.1 cm³/mol. The molecule has 0 aliphatic heterocycles. The molecule has 0 bridgehead atoms. The molecule has 2 heteroatoms. The van der Waals surface area contributed by atoms with E-state index in [-0.39, 0.29) is 18.6 Å². The average molecular weight is 193 g/mol. The second-order valence-corrected chi connectivity index (χ2v) is 3.61. The molecule has 1 aromatic carbocycles. The maximum absolute atomic E-state index is 9.15. The van der Waals surface area contributed by atoms with Crippen molar-refractivity contribution >= 4 is 0 Å². The Kier molecular flexibility index (Phi) is 4.63. The fraction of sp³-hybridized carbons (Fsp3) is 0.500. The number of nitrogens with one attached hydrogen (secondary N) is 1. The first-order valence-electron chi connectivity index (χ1n) is 5.18. The van der Waals surface area contributed by atoms with Crippen LogP contribution >= 0.6 is 0 Å². The van der Waals surface area contributed by atoms with Crippen LogP contribution in [0.15, 0.2) is 30.3 Å². The second kappa shape index (κ2) is 5.78. The summed E-state index contributed by atoms with van der Waals surface area (Å²) in [6.45, 7) is 5.27. The van der Waals surface area contributed by atoms with Gasteiger partial charge in [0.1, 0.15) is 0 Å². The predicted octanol–water partition coefficient (Wildman–Crippen LogP) is 1.97. The molecule has 0 aromatic heterocycles. The zero-order chi connectivity index (χ0) is 10.4. The third-order valence-corrected chi connectivity index (χ3v) is 2.44. The Morgan fingerprint density at radius 3 is 2.43 bits per heavy atom. The molecule has 0 radical (unpaired) electrons. The van der Waals surface area contributed by atoms with E-state index in [4.69, 9.17) is 5.11 Å². The molecule has 2 nitrogen and oxygen atoms in total. The van der Waals surface area contributed by atoms with Crippen LogP contribution in [0.25, 0.3) is 0 Å². The van der Waals surface area contributed by atoms with Crippen molar-refractivity contribution in [2.75, 3.05) is 13.2 Å².